The molecule has 2 nitrogen and oxygen atoms in total. The van der Waals surface area contributed by atoms with Crippen LogP contribution in [0.1, 0.15) is 30.0 Å². The van der Waals surface area contributed by atoms with Crippen LogP contribution in [-0.4, -0.2) is 13.2 Å². The lowest BCUT2D eigenvalue weighted by Gasteiger charge is -2.32. The molecule has 2 unspecified atom stereocenters. The standard InChI is InChI=1S/C18H21NO/c1-19-17-13-15(12-11-14-7-3-2-4-8-14)20-18-10-6-5-9-16(17)18/h2-10,15,17,19H,11-13H2,1H3. The van der Waals surface area contributed by atoms with Crippen LogP contribution in [-0.2, 0) is 6.42 Å². The van der Waals surface area contributed by atoms with E-state index in [1.807, 2.05) is 13.1 Å². The van der Waals surface area contributed by atoms with Crippen molar-refractivity contribution in [3.8, 4) is 5.75 Å². The number of aryl methyl sites for hydroxylation is 1. The van der Waals surface area contributed by atoms with Crippen LogP contribution in [0.4, 0.5) is 0 Å². The minimum atomic E-state index is 0.294. The van der Waals surface area contributed by atoms with E-state index in [-0.39, 0.29) is 0 Å². The SMILES string of the molecule is CNC1CC(CCc2ccccc2)Oc2ccccc21. The summed E-state index contributed by atoms with van der Waals surface area (Å²) in [6.45, 7) is 0. The lowest BCUT2D eigenvalue weighted by Crippen LogP contribution is -2.31. The molecule has 0 amide bonds. The fourth-order valence-corrected chi connectivity index (χ4v) is 2.92. The molecule has 2 aromatic rings. The normalized spacial score (nSPS) is 21.1. The van der Waals surface area contributed by atoms with Crippen molar-refractivity contribution >= 4 is 0 Å². The summed E-state index contributed by atoms with van der Waals surface area (Å²) in [5.74, 6) is 1.04. The van der Waals surface area contributed by atoms with Crippen LogP contribution in [0, 0.1) is 0 Å². The van der Waals surface area contributed by atoms with Gasteiger partial charge in [-0.1, -0.05) is 48.5 Å². The Kier molecular flexibility index (Phi) is 4.03. The molecule has 1 aliphatic heterocycles. The molecule has 1 N–H and O–H groups in total. The lowest BCUT2D eigenvalue weighted by atomic mass is 9.93. The maximum atomic E-state index is 6.15. The Morgan fingerprint density at radius 3 is 2.60 bits per heavy atom. The minimum Gasteiger partial charge on any atom is -0.490 e. The van der Waals surface area contributed by atoms with Crippen LogP contribution >= 0.6 is 0 Å². The van der Waals surface area contributed by atoms with E-state index in [0.29, 0.717) is 12.1 Å². The molecule has 2 aromatic carbocycles. The number of hydrogen-bond acceptors (Lipinski definition) is 2. The predicted octanol–water partition coefficient (Wildman–Crippen LogP) is 3.73. The Hall–Kier alpha value is -1.80. The fraction of sp³-hybridized carbons (Fsp3) is 0.333. The molecule has 1 aliphatic rings. The van der Waals surface area contributed by atoms with E-state index in [1.54, 1.807) is 0 Å². The van der Waals surface area contributed by atoms with Crippen molar-refractivity contribution in [1.29, 1.82) is 0 Å². The number of nitrogens with one attached hydrogen (secondary N) is 1. The first kappa shape index (κ1) is 13.2. The second kappa shape index (κ2) is 6.10. The van der Waals surface area contributed by atoms with Gasteiger partial charge in [-0.2, -0.15) is 0 Å². The number of hydrogen-bond donors (Lipinski definition) is 1. The monoisotopic (exact) mass is 267 g/mol. The zero-order valence-electron chi connectivity index (χ0n) is 11.9. The fourth-order valence-electron chi connectivity index (χ4n) is 2.92. The Morgan fingerprint density at radius 2 is 1.80 bits per heavy atom. The van der Waals surface area contributed by atoms with Gasteiger partial charge in [0, 0.05) is 18.0 Å². The van der Waals surface area contributed by atoms with Crippen LogP contribution < -0.4 is 10.1 Å². The molecule has 0 saturated carbocycles. The zero-order valence-corrected chi connectivity index (χ0v) is 11.9. The van der Waals surface area contributed by atoms with Crippen LogP contribution in [0.3, 0.4) is 0 Å². The van der Waals surface area contributed by atoms with Crippen LogP contribution in [0.5, 0.6) is 5.75 Å². The van der Waals surface area contributed by atoms with Crippen molar-refractivity contribution in [3.05, 3.63) is 65.7 Å². The molecular formula is C18H21NO. The predicted molar refractivity (Wildman–Crippen MR) is 82.0 cm³/mol. The van der Waals surface area contributed by atoms with Crippen LogP contribution in [0.2, 0.25) is 0 Å². The zero-order chi connectivity index (χ0) is 13.8. The second-order valence-electron chi connectivity index (χ2n) is 5.38. The average molecular weight is 267 g/mol. The van der Waals surface area contributed by atoms with E-state index in [1.165, 1.54) is 11.1 Å². The summed E-state index contributed by atoms with van der Waals surface area (Å²) in [6, 6.07) is 19.4. The van der Waals surface area contributed by atoms with Crippen molar-refractivity contribution in [2.75, 3.05) is 7.05 Å². The van der Waals surface area contributed by atoms with Gasteiger partial charge >= 0.3 is 0 Å². The molecule has 3 rings (SSSR count). The quantitative estimate of drug-likeness (QED) is 0.911. The molecule has 0 saturated heterocycles. The molecule has 2 heteroatoms. The molecule has 0 fully saturated rings. The van der Waals surface area contributed by atoms with Crippen molar-refractivity contribution in [2.45, 2.75) is 31.4 Å². The maximum Gasteiger partial charge on any atom is 0.124 e. The summed E-state index contributed by atoms with van der Waals surface area (Å²) in [7, 11) is 2.03. The van der Waals surface area contributed by atoms with Gasteiger partial charge in [0.05, 0.1) is 0 Å². The smallest absolute Gasteiger partial charge is 0.124 e. The molecule has 0 aliphatic carbocycles. The van der Waals surface area contributed by atoms with Crippen LogP contribution in [0.15, 0.2) is 54.6 Å². The average Bonchev–Trinajstić information content (AvgIpc) is 2.53. The second-order valence-corrected chi connectivity index (χ2v) is 5.38. The number of ether oxygens (including phenoxy) is 1. The highest BCUT2D eigenvalue weighted by Gasteiger charge is 2.26. The Labute approximate surface area is 120 Å². The summed E-state index contributed by atoms with van der Waals surface area (Å²) in [6.07, 6.45) is 3.48. The van der Waals surface area contributed by atoms with Gasteiger partial charge < -0.3 is 10.1 Å². The molecule has 0 spiro atoms. The van der Waals surface area contributed by atoms with E-state index in [2.05, 4.69) is 53.8 Å². The van der Waals surface area contributed by atoms with Crippen molar-refractivity contribution in [2.24, 2.45) is 0 Å². The Morgan fingerprint density at radius 1 is 1.05 bits per heavy atom. The van der Waals surface area contributed by atoms with E-state index in [9.17, 15) is 0 Å². The van der Waals surface area contributed by atoms with E-state index >= 15 is 0 Å². The summed E-state index contributed by atoms with van der Waals surface area (Å²) in [5, 5.41) is 3.41. The Bertz CT molecular complexity index is 552. The summed E-state index contributed by atoms with van der Waals surface area (Å²) < 4.78 is 6.15. The van der Waals surface area contributed by atoms with Gasteiger partial charge in [0.15, 0.2) is 0 Å². The van der Waals surface area contributed by atoms with Gasteiger partial charge in [0.25, 0.3) is 0 Å². The first-order valence-electron chi connectivity index (χ1n) is 7.33. The highest BCUT2D eigenvalue weighted by Crippen LogP contribution is 2.35. The first-order chi connectivity index (χ1) is 9.86. The van der Waals surface area contributed by atoms with Crippen LogP contribution in [0.25, 0.3) is 0 Å². The molecule has 104 valence electrons. The maximum absolute atomic E-state index is 6.15. The highest BCUT2D eigenvalue weighted by atomic mass is 16.5. The van der Waals surface area contributed by atoms with Gasteiger partial charge in [-0.15, -0.1) is 0 Å². The molecule has 0 aromatic heterocycles. The van der Waals surface area contributed by atoms with E-state index in [4.69, 9.17) is 4.74 Å². The lowest BCUT2D eigenvalue weighted by molar-refractivity contribution is 0.143. The third-order valence-electron chi connectivity index (χ3n) is 4.03. The largest absolute Gasteiger partial charge is 0.490 e. The third-order valence-corrected chi connectivity index (χ3v) is 4.03. The van der Waals surface area contributed by atoms with Gasteiger partial charge in [-0.25, -0.2) is 0 Å². The summed E-state index contributed by atoms with van der Waals surface area (Å²) in [5.41, 5.74) is 2.67. The van der Waals surface area contributed by atoms with Crippen molar-refractivity contribution in [1.82, 2.24) is 5.32 Å². The number of rotatable bonds is 4. The Balaban J connectivity index is 1.68. The van der Waals surface area contributed by atoms with Crippen molar-refractivity contribution < 1.29 is 4.74 Å². The highest BCUT2D eigenvalue weighted by molar-refractivity contribution is 5.37. The topological polar surface area (TPSA) is 21.3 Å². The van der Waals surface area contributed by atoms with Gasteiger partial charge in [0.1, 0.15) is 11.9 Å². The van der Waals surface area contributed by atoms with Gasteiger partial charge in [0.2, 0.25) is 0 Å². The molecule has 0 bridgehead atoms. The van der Waals surface area contributed by atoms with E-state index < -0.39 is 0 Å². The summed E-state index contributed by atoms with van der Waals surface area (Å²) in [4.78, 5) is 0. The molecule has 20 heavy (non-hydrogen) atoms. The summed E-state index contributed by atoms with van der Waals surface area (Å²) >= 11 is 0. The minimum absolute atomic E-state index is 0.294. The van der Waals surface area contributed by atoms with Crippen molar-refractivity contribution in [3.63, 3.8) is 0 Å². The third kappa shape index (κ3) is 2.86. The number of para-hydroxylation sites is 1. The number of benzene rings is 2. The molecule has 2 atom stereocenters. The van der Waals surface area contributed by atoms with E-state index in [0.717, 1.165) is 25.0 Å². The van der Waals surface area contributed by atoms with Gasteiger partial charge in [-0.3, -0.25) is 0 Å². The number of fused-ring (bicyclic) bond motifs is 1. The molecule has 1 heterocycles. The molecule has 0 radical (unpaired) electrons. The molecular weight excluding hydrogens is 246 g/mol. The first-order valence-corrected chi connectivity index (χ1v) is 7.33. The van der Waals surface area contributed by atoms with Gasteiger partial charge in [-0.05, 0) is 31.5 Å².